The fourth-order valence-corrected chi connectivity index (χ4v) is 8.10. The van der Waals surface area contributed by atoms with E-state index in [1.807, 2.05) is 0 Å². The van der Waals surface area contributed by atoms with Crippen LogP contribution in [-0.2, 0) is 16.2 Å². The van der Waals surface area contributed by atoms with Gasteiger partial charge in [-0.25, -0.2) is 31.7 Å². The van der Waals surface area contributed by atoms with Crippen molar-refractivity contribution in [2.75, 3.05) is 18.4 Å². The Balaban J connectivity index is 1.39. The smallest absolute Gasteiger partial charge is 0.361 e. The lowest BCUT2D eigenvalue weighted by atomic mass is 10.1. The highest BCUT2D eigenvalue weighted by molar-refractivity contribution is 7.90. The molecule has 0 amide bonds. The molecule has 246 valence electrons. The van der Waals surface area contributed by atoms with Crippen LogP contribution >= 0.6 is 0 Å². The van der Waals surface area contributed by atoms with Gasteiger partial charge in [0, 0.05) is 48.5 Å². The second-order valence-electron chi connectivity index (χ2n) is 12.0. The van der Waals surface area contributed by atoms with Crippen LogP contribution in [0.2, 0.25) is 0 Å². The summed E-state index contributed by atoms with van der Waals surface area (Å²) in [6.45, 7) is 4.33. The van der Waals surface area contributed by atoms with Crippen LogP contribution in [0.25, 0.3) is 33.5 Å². The third kappa shape index (κ3) is 5.64. The molecular weight excluding hydrogens is 638 g/mol. The first-order valence-electron chi connectivity index (χ1n) is 15.3. The Bertz CT molecular complexity index is 2040. The Labute approximate surface area is 267 Å². The third-order valence-electron chi connectivity index (χ3n) is 8.98. The maximum absolute atomic E-state index is 14.5. The molecule has 1 N–H and O–H groups in total. The normalized spacial score (nSPS) is 20.8. The third-order valence-corrected chi connectivity index (χ3v) is 10.6. The predicted octanol–water partition coefficient (Wildman–Crippen LogP) is 6.40. The van der Waals surface area contributed by atoms with Crippen LogP contribution in [0.15, 0.2) is 64.3 Å². The average molecular weight is 670 g/mol. The fourth-order valence-electron chi connectivity index (χ4n) is 6.76. The number of aryl methyl sites for hydroxylation is 2. The maximum atomic E-state index is 14.5. The van der Waals surface area contributed by atoms with Crippen molar-refractivity contribution in [1.29, 1.82) is 0 Å². The Morgan fingerprint density at radius 2 is 1.81 bits per heavy atom. The number of hydrogen-bond acceptors (Lipinski definition) is 9. The number of likely N-dealkylation sites (tertiary alicyclic amines) is 1. The van der Waals surface area contributed by atoms with E-state index in [9.17, 15) is 26.0 Å². The van der Waals surface area contributed by atoms with Crippen molar-refractivity contribution in [3.05, 3.63) is 71.9 Å². The standard InChI is InChI=1S/C32H31F4N7O3S/c1-18-28(19(2)46-41-18)26-12-11-22-23(17-43(30(22)38-26)47(44,45)21-7-4-3-5-8-21)29-24(32(34,35)36)15-37-31(40-29)39-25-9-6-10-27(25)42-14-13-20(33)16-42/h3-5,7-8,11-12,15,17,20,25,27H,6,9-10,13-14,16H2,1-2H3,(H,37,39,40)/t20-,25+,27+/m1/s1. The van der Waals surface area contributed by atoms with E-state index >= 15 is 0 Å². The quantitative estimate of drug-likeness (QED) is 0.197. The van der Waals surface area contributed by atoms with E-state index in [0.717, 1.165) is 29.4 Å². The van der Waals surface area contributed by atoms with E-state index in [1.165, 1.54) is 18.2 Å². The van der Waals surface area contributed by atoms with Gasteiger partial charge in [0.1, 0.15) is 17.5 Å². The van der Waals surface area contributed by atoms with E-state index in [-0.39, 0.29) is 39.5 Å². The van der Waals surface area contributed by atoms with Crippen molar-refractivity contribution in [1.82, 2.24) is 29.0 Å². The molecule has 2 aliphatic rings. The molecule has 1 aliphatic carbocycles. The molecule has 0 radical (unpaired) electrons. The number of alkyl halides is 4. The molecule has 47 heavy (non-hydrogen) atoms. The number of fused-ring (bicyclic) bond motifs is 1. The summed E-state index contributed by atoms with van der Waals surface area (Å²) in [6.07, 6.45) is -1.05. The summed E-state index contributed by atoms with van der Waals surface area (Å²) in [7, 11) is -4.32. The van der Waals surface area contributed by atoms with Gasteiger partial charge in [0.15, 0.2) is 5.65 Å². The molecule has 10 nitrogen and oxygen atoms in total. The van der Waals surface area contributed by atoms with Crippen LogP contribution in [0, 0.1) is 13.8 Å². The number of pyridine rings is 1. The van der Waals surface area contributed by atoms with E-state index in [4.69, 9.17) is 4.52 Å². The van der Waals surface area contributed by atoms with Crippen molar-refractivity contribution in [2.24, 2.45) is 0 Å². The highest BCUT2D eigenvalue weighted by Crippen LogP contribution is 2.41. The van der Waals surface area contributed by atoms with Crippen molar-refractivity contribution < 1.29 is 30.5 Å². The van der Waals surface area contributed by atoms with E-state index in [1.54, 1.807) is 38.1 Å². The van der Waals surface area contributed by atoms with Crippen LogP contribution < -0.4 is 5.32 Å². The van der Waals surface area contributed by atoms with Gasteiger partial charge < -0.3 is 9.84 Å². The number of benzene rings is 1. The van der Waals surface area contributed by atoms with Crippen LogP contribution in [0.5, 0.6) is 0 Å². The monoisotopic (exact) mass is 669 g/mol. The molecule has 7 rings (SSSR count). The topological polar surface area (TPSA) is 119 Å². The average Bonchev–Trinajstić information content (AvgIpc) is 3.83. The molecule has 15 heteroatoms. The molecule has 2 fully saturated rings. The second kappa shape index (κ2) is 11.7. The molecule has 4 aromatic heterocycles. The van der Waals surface area contributed by atoms with Gasteiger partial charge in [-0.05, 0) is 63.8 Å². The number of halogens is 4. The Kier molecular flexibility index (Phi) is 7.78. The molecule has 0 spiro atoms. The predicted molar refractivity (Wildman–Crippen MR) is 166 cm³/mol. The van der Waals surface area contributed by atoms with Gasteiger partial charge in [0.2, 0.25) is 5.95 Å². The van der Waals surface area contributed by atoms with Gasteiger partial charge in [-0.15, -0.1) is 0 Å². The number of aromatic nitrogens is 5. The van der Waals surface area contributed by atoms with Crippen molar-refractivity contribution in [2.45, 2.75) is 68.9 Å². The number of nitrogens with one attached hydrogen (secondary N) is 1. The zero-order valence-electron chi connectivity index (χ0n) is 25.5. The molecule has 1 saturated heterocycles. The summed E-state index contributed by atoms with van der Waals surface area (Å²) in [5, 5.41) is 7.31. The van der Waals surface area contributed by atoms with Crippen LogP contribution in [-0.4, -0.2) is 68.7 Å². The highest BCUT2D eigenvalue weighted by atomic mass is 32.2. The molecule has 5 aromatic rings. The highest BCUT2D eigenvalue weighted by Gasteiger charge is 2.39. The molecule has 3 atom stereocenters. The van der Waals surface area contributed by atoms with Gasteiger partial charge in [-0.2, -0.15) is 13.2 Å². The molecule has 1 aliphatic heterocycles. The Morgan fingerprint density at radius 1 is 1.02 bits per heavy atom. The van der Waals surface area contributed by atoms with Crippen molar-refractivity contribution in [3.63, 3.8) is 0 Å². The minimum Gasteiger partial charge on any atom is -0.361 e. The number of rotatable bonds is 7. The van der Waals surface area contributed by atoms with Gasteiger partial charge in [-0.3, -0.25) is 4.90 Å². The summed E-state index contributed by atoms with van der Waals surface area (Å²) in [5.74, 6) is 0.415. The molecule has 0 bridgehead atoms. The lowest BCUT2D eigenvalue weighted by Crippen LogP contribution is -2.43. The lowest BCUT2D eigenvalue weighted by molar-refractivity contribution is -0.137. The van der Waals surface area contributed by atoms with Crippen LogP contribution in [0.1, 0.15) is 42.7 Å². The first kappa shape index (κ1) is 31.2. The first-order valence-corrected chi connectivity index (χ1v) is 16.7. The molecule has 1 saturated carbocycles. The summed E-state index contributed by atoms with van der Waals surface area (Å²) in [6, 6.07) is 10.5. The first-order chi connectivity index (χ1) is 22.4. The number of anilines is 1. The minimum absolute atomic E-state index is 0.00466. The van der Waals surface area contributed by atoms with Crippen molar-refractivity contribution in [3.8, 4) is 22.5 Å². The fraction of sp³-hybridized carbons (Fsp3) is 0.375. The van der Waals surface area contributed by atoms with Gasteiger partial charge in [0.25, 0.3) is 10.0 Å². The molecule has 0 unspecified atom stereocenters. The lowest BCUT2D eigenvalue weighted by Gasteiger charge is -2.29. The van der Waals surface area contributed by atoms with Crippen molar-refractivity contribution >= 4 is 27.0 Å². The van der Waals surface area contributed by atoms with Crippen LogP contribution in [0.3, 0.4) is 0 Å². The number of nitrogens with zero attached hydrogens (tertiary/aromatic N) is 6. The second-order valence-corrected chi connectivity index (χ2v) is 13.8. The Morgan fingerprint density at radius 3 is 2.49 bits per heavy atom. The summed E-state index contributed by atoms with van der Waals surface area (Å²) in [5.41, 5.74) is -0.387. The molecular formula is C32H31F4N7O3S. The summed E-state index contributed by atoms with van der Waals surface area (Å²) < 4.78 is 91.7. The van der Waals surface area contributed by atoms with Gasteiger partial charge in [-0.1, -0.05) is 23.4 Å². The summed E-state index contributed by atoms with van der Waals surface area (Å²) >= 11 is 0. The maximum Gasteiger partial charge on any atom is 0.419 e. The zero-order valence-corrected chi connectivity index (χ0v) is 26.3. The van der Waals surface area contributed by atoms with E-state index in [0.29, 0.717) is 48.4 Å². The van der Waals surface area contributed by atoms with E-state index in [2.05, 4.69) is 30.3 Å². The number of hydrogen-bond donors (Lipinski definition) is 1. The summed E-state index contributed by atoms with van der Waals surface area (Å²) in [4.78, 5) is 15.0. The molecule has 1 aromatic carbocycles. The minimum atomic E-state index is -4.85. The SMILES string of the molecule is Cc1noc(C)c1-c1ccc2c(-c3nc(N[C@H]4CCC[C@@H]4N4CC[C@@H](F)C4)ncc3C(F)(F)F)cn(S(=O)(=O)c3ccccc3)c2n1. The largest absolute Gasteiger partial charge is 0.419 e. The Hall–Kier alpha value is -4.37. The van der Waals surface area contributed by atoms with Gasteiger partial charge >= 0.3 is 6.18 Å². The van der Waals surface area contributed by atoms with Crippen LogP contribution in [0.4, 0.5) is 23.5 Å². The zero-order chi connectivity index (χ0) is 33.1. The van der Waals surface area contributed by atoms with E-state index < -0.39 is 33.6 Å². The van der Waals surface area contributed by atoms with Gasteiger partial charge in [0.05, 0.1) is 27.5 Å². The molecule has 5 heterocycles.